The highest BCUT2D eigenvalue weighted by Gasteiger charge is 1.96. The largest absolute Gasteiger partial charge is 0.479 e. The molecule has 4 nitrogen and oxygen atoms in total. The maximum atomic E-state index is 8.42. The molecule has 0 spiro atoms. The van der Waals surface area contributed by atoms with Crippen LogP contribution in [-0.2, 0) is 6.54 Å². The molecule has 0 heterocycles. The minimum Gasteiger partial charge on any atom is -0.479 e. The van der Waals surface area contributed by atoms with E-state index < -0.39 is 0 Å². The molecule has 0 amide bonds. The lowest BCUT2D eigenvalue weighted by atomic mass is 10.2. The first kappa shape index (κ1) is 13.5. The molecule has 0 radical (unpaired) electrons. The van der Waals surface area contributed by atoms with Gasteiger partial charge in [0.1, 0.15) is 11.8 Å². The molecule has 4 heteroatoms. The van der Waals surface area contributed by atoms with E-state index in [-0.39, 0.29) is 6.61 Å². The minimum absolute atomic E-state index is 0.0907. The van der Waals surface area contributed by atoms with E-state index in [1.54, 1.807) is 0 Å². The fourth-order valence-corrected chi connectivity index (χ4v) is 1.49. The molecular formula is C13H19N3O. The predicted octanol–water partition coefficient (Wildman–Crippen LogP) is 1.42. The van der Waals surface area contributed by atoms with Crippen LogP contribution >= 0.6 is 0 Å². The number of rotatable bonds is 8. The van der Waals surface area contributed by atoms with Crippen molar-refractivity contribution in [2.24, 2.45) is 5.73 Å². The monoisotopic (exact) mass is 233 g/mol. The average Bonchev–Trinajstić information content (AvgIpc) is 2.37. The fourth-order valence-electron chi connectivity index (χ4n) is 1.49. The summed E-state index contributed by atoms with van der Waals surface area (Å²) >= 11 is 0. The Morgan fingerprint density at radius 3 is 3.00 bits per heavy atom. The fraction of sp³-hybridized carbons (Fsp3) is 0.462. The normalized spacial score (nSPS) is 9.88. The van der Waals surface area contributed by atoms with Crippen molar-refractivity contribution >= 4 is 0 Å². The molecule has 0 aromatic heterocycles. The Balaban J connectivity index is 2.30. The van der Waals surface area contributed by atoms with Gasteiger partial charge in [-0.1, -0.05) is 12.1 Å². The molecule has 0 saturated heterocycles. The van der Waals surface area contributed by atoms with E-state index in [1.165, 1.54) is 0 Å². The highest BCUT2D eigenvalue weighted by Crippen LogP contribution is 2.12. The molecular weight excluding hydrogens is 214 g/mol. The molecule has 3 N–H and O–H groups in total. The van der Waals surface area contributed by atoms with Gasteiger partial charge in [-0.05, 0) is 43.6 Å². The van der Waals surface area contributed by atoms with Crippen LogP contribution in [0.25, 0.3) is 0 Å². The van der Waals surface area contributed by atoms with E-state index >= 15 is 0 Å². The maximum absolute atomic E-state index is 8.42. The number of nitrogens with zero attached hydrogens (tertiary/aromatic N) is 1. The van der Waals surface area contributed by atoms with Crippen LogP contribution in [-0.4, -0.2) is 19.7 Å². The lowest BCUT2D eigenvalue weighted by Crippen LogP contribution is -2.15. The van der Waals surface area contributed by atoms with E-state index in [0.717, 1.165) is 43.8 Å². The predicted molar refractivity (Wildman–Crippen MR) is 67.5 cm³/mol. The molecule has 1 aromatic rings. The van der Waals surface area contributed by atoms with E-state index in [1.807, 2.05) is 30.3 Å². The molecule has 92 valence electrons. The first-order chi connectivity index (χ1) is 8.36. The summed E-state index contributed by atoms with van der Waals surface area (Å²) in [4.78, 5) is 0. The molecule has 0 fully saturated rings. The van der Waals surface area contributed by atoms with Gasteiger partial charge in [0.15, 0.2) is 6.61 Å². The van der Waals surface area contributed by atoms with E-state index in [0.29, 0.717) is 0 Å². The van der Waals surface area contributed by atoms with Gasteiger partial charge in [-0.2, -0.15) is 5.26 Å². The van der Waals surface area contributed by atoms with Gasteiger partial charge in [0, 0.05) is 6.54 Å². The number of nitrogens with one attached hydrogen (secondary N) is 1. The topological polar surface area (TPSA) is 71.1 Å². The van der Waals surface area contributed by atoms with Crippen molar-refractivity contribution < 1.29 is 4.74 Å². The summed E-state index contributed by atoms with van der Waals surface area (Å²) in [7, 11) is 0. The van der Waals surface area contributed by atoms with Gasteiger partial charge in [-0.3, -0.25) is 0 Å². The van der Waals surface area contributed by atoms with Crippen LogP contribution in [0.1, 0.15) is 18.4 Å². The Labute approximate surface area is 102 Å². The minimum atomic E-state index is 0.0907. The highest BCUT2D eigenvalue weighted by atomic mass is 16.5. The van der Waals surface area contributed by atoms with Crippen LogP contribution in [0.2, 0.25) is 0 Å². The number of unbranched alkanes of at least 4 members (excludes halogenated alkanes) is 1. The zero-order valence-electron chi connectivity index (χ0n) is 9.98. The first-order valence-electron chi connectivity index (χ1n) is 5.86. The molecule has 0 bridgehead atoms. The second-order valence-electron chi connectivity index (χ2n) is 3.77. The van der Waals surface area contributed by atoms with Crippen LogP contribution < -0.4 is 15.8 Å². The van der Waals surface area contributed by atoms with Crippen molar-refractivity contribution in [2.75, 3.05) is 19.7 Å². The average molecular weight is 233 g/mol. The van der Waals surface area contributed by atoms with Crippen LogP contribution in [0.5, 0.6) is 5.75 Å². The smallest absolute Gasteiger partial charge is 0.174 e. The van der Waals surface area contributed by atoms with Crippen molar-refractivity contribution in [3.63, 3.8) is 0 Å². The maximum Gasteiger partial charge on any atom is 0.174 e. The summed E-state index contributed by atoms with van der Waals surface area (Å²) in [5.41, 5.74) is 6.58. The second-order valence-corrected chi connectivity index (χ2v) is 3.77. The number of nitrogens with two attached hydrogens (primary N) is 1. The van der Waals surface area contributed by atoms with Gasteiger partial charge < -0.3 is 15.8 Å². The third-order valence-electron chi connectivity index (χ3n) is 2.34. The number of ether oxygens (including phenoxy) is 1. The third-order valence-corrected chi connectivity index (χ3v) is 2.34. The van der Waals surface area contributed by atoms with E-state index in [2.05, 4.69) is 5.32 Å². The summed E-state index contributed by atoms with van der Waals surface area (Å²) < 4.78 is 5.24. The lowest BCUT2D eigenvalue weighted by molar-refractivity contribution is 0.367. The SMILES string of the molecule is N#CCOc1cccc(CNCCCCN)c1. The Morgan fingerprint density at radius 2 is 2.24 bits per heavy atom. The van der Waals surface area contributed by atoms with Crippen molar-refractivity contribution in [1.29, 1.82) is 5.26 Å². The number of nitriles is 1. The number of hydrogen-bond acceptors (Lipinski definition) is 4. The lowest BCUT2D eigenvalue weighted by Gasteiger charge is -2.06. The quantitative estimate of drug-likeness (QED) is 0.666. The summed E-state index contributed by atoms with van der Waals surface area (Å²) in [6, 6.07) is 9.73. The summed E-state index contributed by atoms with van der Waals surface area (Å²) in [5.74, 6) is 0.743. The zero-order chi connectivity index (χ0) is 12.3. The van der Waals surface area contributed by atoms with Gasteiger partial charge in [-0.15, -0.1) is 0 Å². The van der Waals surface area contributed by atoms with Gasteiger partial charge in [-0.25, -0.2) is 0 Å². The first-order valence-corrected chi connectivity index (χ1v) is 5.86. The Morgan fingerprint density at radius 1 is 1.35 bits per heavy atom. The summed E-state index contributed by atoms with van der Waals surface area (Å²) in [6.07, 6.45) is 2.15. The van der Waals surface area contributed by atoms with Crippen molar-refractivity contribution in [3.05, 3.63) is 29.8 Å². The van der Waals surface area contributed by atoms with Gasteiger partial charge in [0.2, 0.25) is 0 Å². The Kier molecular flexibility index (Phi) is 6.80. The molecule has 0 aliphatic heterocycles. The van der Waals surface area contributed by atoms with Gasteiger partial charge in [0.05, 0.1) is 0 Å². The van der Waals surface area contributed by atoms with E-state index in [9.17, 15) is 0 Å². The molecule has 0 saturated carbocycles. The second kappa shape index (κ2) is 8.57. The van der Waals surface area contributed by atoms with Crippen LogP contribution in [0.4, 0.5) is 0 Å². The molecule has 1 aromatic carbocycles. The van der Waals surface area contributed by atoms with E-state index in [4.69, 9.17) is 15.7 Å². The van der Waals surface area contributed by atoms with Gasteiger partial charge >= 0.3 is 0 Å². The van der Waals surface area contributed by atoms with Crippen molar-refractivity contribution in [2.45, 2.75) is 19.4 Å². The molecule has 1 rings (SSSR count). The summed E-state index contributed by atoms with van der Waals surface area (Å²) in [6.45, 7) is 2.63. The standard InChI is InChI=1S/C13H19N3O/c14-6-1-2-8-16-11-12-4-3-5-13(10-12)17-9-7-15/h3-5,10,16H,1-2,6,8-9,11,14H2. The van der Waals surface area contributed by atoms with Crippen molar-refractivity contribution in [1.82, 2.24) is 5.32 Å². The molecule has 0 unspecified atom stereocenters. The molecule has 17 heavy (non-hydrogen) atoms. The Bertz CT molecular complexity index is 360. The summed E-state index contributed by atoms with van der Waals surface area (Å²) in [5, 5.41) is 11.8. The molecule has 0 aliphatic carbocycles. The van der Waals surface area contributed by atoms with Crippen molar-refractivity contribution in [3.8, 4) is 11.8 Å². The molecule has 0 atom stereocenters. The number of benzene rings is 1. The third kappa shape index (κ3) is 5.91. The van der Waals surface area contributed by atoms with Gasteiger partial charge in [0.25, 0.3) is 0 Å². The van der Waals surface area contributed by atoms with Crippen LogP contribution in [0.15, 0.2) is 24.3 Å². The van der Waals surface area contributed by atoms with Crippen LogP contribution in [0.3, 0.4) is 0 Å². The molecule has 0 aliphatic rings. The van der Waals surface area contributed by atoms with Crippen LogP contribution in [0, 0.1) is 11.3 Å². The number of hydrogen-bond donors (Lipinski definition) is 2. The zero-order valence-corrected chi connectivity index (χ0v) is 9.98. The Hall–Kier alpha value is -1.57. The highest BCUT2D eigenvalue weighted by molar-refractivity contribution is 5.28.